The molecule has 0 N–H and O–H groups in total. The molecule has 0 aliphatic carbocycles. The highest BCUT2D eigenvalue weighted by atomic mass is 79.9. The molecule has 1 saturated heterocycles. The van der Waals surface area contributed by atoms with Crippen molar-refractivity contribution in [1.29, 1.82) is 0 Å². The van der Waals surface area contributed by atoms with Crippen molar-refractivity contribution in [1.82, 2.24) is 4.90 Å². The maximum absolute atomic E-state index is 11.0. The summed E-state index contributed by atoms with van der Waals surface area (Å²) in [6.07, 6.45) is 0.0392. The van der Waals surface area contributed by atoms with E-state index < -0.39 is 0 Å². The quantitative estimate of drug-likeness (QED) is 0.584. The zero-order valence-electron chi connectivity index (χ0n) is 6.75. The summed E-state index contributed by atoms with van der Waals surface area (Å²) in [5, 5.41) is 0. The number of ether oxygens (including phenoxy) is 1. The van der Waals surface area contributed by atoms with E-state index in [2.05, 4.69) is 20.7 Å². The number of Topliss-reactive ketones (excluding diaryl/α,β-unsaturated/α-hetero) is 1. The summed E-state index contributed by atoms with van der Waals surface area (Å²) < 4.78 is 4.53. The fourth-order valence-electron chi connectivity index (χ4n) is 1.08. The first-order chi connectivity index (χ1) is 5.65. The summed E-state index contributed by atoms with van der Waals surface area (Å²) in [6.45, 7) is 0.874. The lowest BCUT2D eigenvalue weighted by Gasteiger charge is -2.27. The van der Waals surface area contributed by atoms with Gasteiger partial charge in [-0.2, -0.15) is 0 Å². The number of ketones is 1. The molecule has 1 aliphatic rings. The third kappa shape index (κ3) is 1.97. The Labute approximate surface area is 79.0 Å². The van der Waals surface area contributed by atoms with E-state index >= 15 is 0 Å². The van der Waals surface area contributed by atoms with Gasteiger partial charge in [0, 0.05) is 19.5 Å². The molecule has 0 bridgehead atoms. The molecule has 1 aliphatic heterocycles. The second-order valence-electron chi connectivity index (χ2n) is 2.60. The lowest BCUT2D eigenvalue weighted by atomic mass is 10.1. The van der Waals surface area contributed by atoms with Crippen molar-refractivity contribution in [2.75, 3.05) is 20.2 Å². The minimum Gasteiger partial charge on any atom is -0.453 e. The van der Waals surface area contributed by atoms with Gasteiger partial charge in [-0.25, -0.2) is 4.79 Å². The average molecular weight is 236 g/mol. The van der Waals surface area contributed by atoms with Crippen LogP contribution in [-0.4, -0.2) is 41.8 Å². The number of piperidine rings is 1. The van der Waals surface area contributed by atoms with Crippen LogP contribution in [0, 0.1) is 0 Å². The van der Waals surface area contributed by atoms with Crippen molar-refractivity contribution in [3.63, 3.8) is 0 Å². The molecule has 1 rings (SSSR count). The van der Waals surface area contributed by atoms with Gasteiger partial charge in [0.25, 0.3) is 0 Å². The highest BCUT2D eigenvalue weighted by molar-refractivity contribution is 9.10. The van der Waals surface area contributed by atoms with Crippen LogP contribution in [0.2, 0.25) is 0 Å². The number of carbonyl (C=O) groups is 2. The zero-order valence-corrected chi connectivity index (χ0v) is 8.33. The van der Waals surface area contributed by atoms with Crippen LogP contribution < -0.4 is 0 Å². The summed E-state index contributed by atoms with van der Waals surface area (Å²) in [7, 11) is 1.34. The van der Waals surface area contributed by atoms with Gasteiger partial charge in [0.2, 0.25) is 0 Å². The van der Waals surface area contributed by atoms with Crippen molar-refractivity contribution in [3.05, 3.63) is 0 Å². The van der Waals surface area contributed by atoms with Crippen molar-refractivity contribution >= 4 is 27.8 Å². The Hall–Kier alpha value is -0.580. The summed E-state index contributed by atoms with van der Waals surface area (Å²) >= 11 is 3.19. The molecule has 0 spiro atoms. The van der Waals surface area contributed by atoms with Gasteiger partial charge in [0.15, 0.2) is 0 Å². The highest BCUT2D eigenvalue weighted by Crippen LogP contribution is 2.14. The molecule has 1 atom stereocenters. The van der Waals surface area contributed by atoms with Gasteiger partial charge in [-0.3, -0.25) is 4.79 Å². The van der Waals surface area contributed by atoms with Gasteiger partial charge in [0.1, 0.15) is 5.78 Å². The standard InChI is InChI=1S/C7H10BrNO3/c1-12-7(11)9-3-2-6(10)5(8)4-9/h5H,2-4H2,1H3. The van der Waals surface area contributed by atoms with Gasteiger partial charge in [-0.1, -0.05) is 15.9 Å². The van der Waals surface area contributed by atoms with Gasteiger partial charge in [-0.15, -0.1) is 0 Å². The predicted octanol–water partition coefficient (Wildman–Crippen LogP) is 0.791. The van der Waals surface area contributed by atoms with Gasteiger partial charge >= 0.3 is 6.09 Å². The number of alkyl halides is 1. The average Bonchev–Trinajstić information content (AvgIpc) is 2.08. The highest BCUT2D eigenvalue weighted by Gasteiger charge is 2.27. The van der Waals surface area contributed by atoms with E-state index in [-0.39, 0.29) is 16.7 Å². The fourth-order valence-corrected chi connectivity index (χ4v) is 1.66. The van der Waals surface area contributed by atoms with Gasteiger partial charge < -0.3 is 9.64 Å². The Morgan fingerprint density at radius 1 is 1.75 bits per heavy atom. The van der Waals surface area contributed by atoms with E-state index in [1.807, 2.05) is 0 Å². The minimum atomic E-state index is -0.369. The van der Waals surface area contributed by atoms with E-state index in [1.165, 1.54) is 12.0 Å². The molecule has 0 aromatic rings. The molecule has 1 unspecified atom stereocenters. The molecule has 5 heteroatoms. The molecular weight excluding hydrogens is 226 g/mol. The van der Waals surface area contributed by atoms with Crippen LogP contribution in [0.3, 0.4) is 0 Å². The first-order valence-electron chi connectivity index (χ1n) is 3.65. The van der Waals surface area contributed by atoms with Crippen LogP contribution in [0.15, 0.2) is 0 Å². The molecule has 1 fully saturated rings. The summed E-state index contributed by atoms with van der Waals surface area (Å²) in [5.74, 6) is 0.148. The topological polar surface area (TPSA) is 46.6 Å². The maximum atomic E-state index is 11.0. The summed E-state index contributed by atoms with van der Waals surface area (Å²) in [4.78, 5) is 23.3. The van der Waals surface area contributed by atoms with Gasteiger partial charge in [-0.05, 0) is 0 Å². The third-order valence-corrected chi connectivity index (χ3v) is 2.59. The van der Waals surface area contributed by atoms with Crippen LogP contribution in [0.4, 0.5) is 4.79 Å². The second-order valence-corrected chi connectivity index (χ2v) is 3.71. The van der Waals surface area contributed by atoms with Gasteiger partial charge in [0.05, 0.1) is 11.9 Å². The largest absolute Gasteiger partial charge is 0.453 e. The molecule has 68 valence electrons. The maximum Gasteiger partial charge on any atom is 0.409 e. The van der Waals surface area contributed by atoms with Crippen LogP contribution in [0.25, 0.3) is 0 Å². The van der Waals surface area contributed by atoms with Crippen LogP contribution in [-0.2, 0) is 9.53 Å². The molecule has 1 amide bonds. The Morgan fingerprint density at radius 3 is 2.92 bits per heavy atom. The molecular formula is C7H10BrNO3. The van der Waals surface area contributed by atoms with Crippen molar-refractivity contribution < 1.29 is 14.3 Å². The van der Waals surface area contributed by atoms with Crippen LogP contribution in [0.5, 0.6) is 0 Å². The minimum absolute atomic E-state index is 0.148. The molecule has 0 radical (unpaired) electrons. The van der Waals surface area contributed by atoms with Crippen molar-refractivity contribution in [2.24, 2.45) is 0 Å². The first-order valence-corrected chi connectivity index (χ1v) is 4.56. The molecule has 4 nitrogen and oxygen atoms in total. The van der Waals surface area contributed by atoms with Crippen LogP contribution in [0.1, 0.15) is 6.42 Å². The Morgan fingerprint density at radius 2 is 2.42 bits per heavy atom. The first kappa shape index (κ1) is 9.51. The summed E-state index contributed by atoms with van der Waals surface area (Å²) in [6, 6.07) is 0. The number of nitrogens with zero attached hydrogens (tertiary/aromatic N) is 1. The Balaban J connectivity index is 2.50. The van der Waals surface area contributed by atoms with Crippen molar-refractivity contribution in [3.8, 4) is 0 Å². The van der Waals surface area contributed by atoms with E-state index in [0.29, 0.717) is 19.5 Å². The molecule has 1 heterocycles. The van der Waals surface area contributed by atoms with E-state index in [0.717, 1.165) is 0 Å². The zero-order chi connectivity index (χ0) is 9.14. The Bertz CT molecular complexity index is 207. The number of rotatable bonds is 0. The SMILES string of the molecule is COC(=O)N1CCC(=O)C(Br)C1. The molecule has 0 aromatic heterocycles. The predicted molar refractivity (Wildman–Crippen MR) is 46.3 cm³/mol. The number of amides is 1. The number of hydrogen-bond donors (Lipinski definition) is 0. The molecule has 0 aromatic carbocycles. The normalized spacial score (nSPS) is 24.0. The molecule has 0 saturated carbocycles. The van der Waals surface area contributed by atoms with E-state index in [4.69, 9.17) is 0 Å². The van der Waals surface area contributed by atoms with E-state index in [1.54, 1.807) is 0 Å². The Kier molecular flexibility index (Phi) is 3.08. The smallest absolute Gasteiger partial charge is 0.409 e. The third-order valence-electron chi connectivity index (χ3n) is 1.79. The number of likely N-dealkylation sites (tertiary alicyclic amines) is 1. The number of hydrogen-bond acceptors (Lipinski definition) is 3. The monoisotopic (exact) mass is 235 g/mol. The second kappa shape index (κ2) is 3.89. The van der Waals surface area contributed by atoms with Crippen LogP contribution >= 0.6 is 15.9 Å². The van der Waals surface area contributed by atoms with Crippen molar-refractivity contribution in [2.45, 2.75) is 11.2 Å². The summed E-state index contributed by atoms with van der Waals surface area (Å²) in [5.41, 5.74) is 0. The number of carbonyl (C=O) groups excluding carboxylic acids is 2. The lowest BCUT2D eigenvalue weighted by Crippen LogP contribution is -2.44. The number of halogens is 1. The molecule has 12 heavy (non-hydrogen) atoms. The van der Waals surface area contributed by atoms with E-state index in [9.17, 15) is 9.59 Å². The number of methoxy groups -OCH3 is 1. The fraction of sp³-hybridized carbons (Fsp3) is 0.714. The lowest BCUT2D eigenvalue weighted by molar-refractivity contribution is -0.120.